The van der Waals surface area contributed by atoms with E-state index in [9.17, 15) is 9.59 Å². The number of hydrogen-bond acceptors (Lipinski definition) is 4. The Hall–Kier alpha value is -3.25. The van der Waals surface area contributed by atoms with Gasteiger partial charge in [0, 0.05) is 23.7 Å². The van der Waals surface area contributed by atoms with E-state index in [0.717, 1.165) is 16.1 Å². The number of carbonyl (C=O) groups excluding carboxylic acids is 2. The summed E-state index contributed by atoms with van der Waals surface area (Å²) in [5.41, 5.74) is 2.53. The number of benzene rings is 1. The van der Waals surface area contributed by atoms with Crippen LogP contribution in [0.25, 0.3) is 12.2 Å². The van der Waals surface area contributed by atoms with Gasteiger partial charge in [0.05, 0.1) is 18.2 Å². The second-order valence-corrected chi connectivity index (χ2v) is 7.21. The van der Waals surface area contributed by atoms with Crippen LogP contribution in [0.15, 0.2) is 66.2 Å². The third kappa shape index (κ3) is 5.89. The van der Waals surface area contributed by atoms with Crippen molar-refractivity contribution < 1.29 is 9.59 Å². The molecule has 3 aromatic rings. The average Bonchev–Trinajstić information content (AvgIpc) is 3.21. The summed E-state index contributed by atoms with van der Waals surface area (Å²) in [5, 5.41) is 7.68. The van der Waals surface area contributed by atoms with Crippen LogP contribution in [0.4, 0.5) is 5.69 Å². The van der Waals surface area contributed by atoms with Crippen molar-refractivity contribution in [2.24, 2.45) is 0 Å². The van der Waals surface area contributed by atoms with Crippen molar-refractivity contribution in [1.82, 2.24) is 10.3 Å². The van der Waals surface area contributed by atoms with Gasteiger partial charge in [0.25, 0.3) is 0 Å². The lowest BCUT2D eigenvalue weighted by Gasteiger charge is -2.16. The van der Waals surface area contributed by atoms with Gasteiger partial charge < -0.3 is 10.6 Å². The van der Waals surface area contributed by atoms with E-state index in [1.165, 1.54) is 18.3 Å². The molecule has 0 saturated carbocycles. The number of nitrogens with zero attached hydrogens (tertiary/aromatic N) is 1. The van der Waals surface area contributed by atoms with E-state index in [0.29, 0.717) is 5.69 Å². The average molecular weight is 391 g/mol. The molecule has 0 saturated heterocycles. The zero-order valence-electron chi connectivity index (χ0n) is 15.5. The largest absolute Gasteiger partial charge is 0.348 e. The number of thiophene rings is 1. The second-order valence-electron chi connectivity index (χ2n) is 6.23. The van der Waals surface area contributed by atoms with Gasteiger partial charge in [0.15, 0.2) is 0 Å². The van der Waals surface area contributed by atoms with Crippen LogP contribution < -0.4 is 10.6 Å². The molecule has 0 spiro atoms. The third-order valence-corrected chi connectivity index (χ3v) is 4.94. The molecule has 1 unspecified atom stereocenters. The minimum atomic E-state index is -0.329. The Morgan fingerprint density at radius 1 is 1.11 bits per heavy atom. The smallest absolute Gasteiger partial charge is 0.226 e. The predicted octanol–water partition coefficient (Wildman–Crippen LogP) is 4.52. The van der Waals surface area contributed by atoms with Crippen LogP contribution in [0.2, 0.25) is 0 Å². The maximum absolute atomic E-state index is 12.5. The number of hydrogen-bond donors (Lipinski definition) is 2. The van der Waals surface area contributed by atoms with Crippen molar-refractivity contribution >= 4 is 41.0 Å². The van der Waals surface area contributed by atoms with Crippen LogP contribution >= 0.6 is 11.3 Å². The molecule has 0 fully saturated rings. The van der Waals surface area contributed by atoms with Crippen molar-refractivity contribution in [2.75, 3.05) is 5.32 Å². The summed E-state index contributed by atoms with van der Waals surface area (Å²) < 4.78 is 0. The van der Waals surface area contributed by atoms with E-state index in [2.05, 4.69) is 15.6 Å². The Bertz CT molecular complexity index is 953. The highest BCUT2D eigenvalue weighted by atomic mass is 32.1. The summed E-state index contributed by atoms with van der Waals surface area (Å²) in [5.74, 6) is -0.314. The van der Waals surface area contributed by atoms with E-state index in [-0.39, 0.29) is 24.3 Å². The summed E-state index contributed by atoms with van der Waals surface area (Å²) in [4.78, 5) is 29.2. The molecule has 0 aliphatic rings. The second kappa shape index (κ2) is 9.62. The van der Waals surface area contributed by atoms with Gasteiger partial charge in [0.1, 0.15) is 0 Å². The van der Waals surface area contributed by atoms with Gasteiger partial charge in [-0.3, -0.25) is 14.6 Å². The molecule has 6 heteroatoms. The van der Waals surface area contributed by atoms with Crippen LogP contribution in [0.3, 0.4) is 0 Å². The Morgan fingerprint density at radius 2 is 2.00 bits per heavy atom. The number of anilines is 1. The third-order valence-electron chi connectivity index (χ3n) is 3.96. The molecule has 1 atom stereocenters. The predicted molar refractivity (Wildman–Crippen MR) is 114 cm³/mol. The monoisotopic (exact) mass is 391 g/mol. The van der Waals surface area contributed by atoms with E-state index in [1.54, 1.807) is 6.20 Å². The highest BCUT2D eigenvalue weighted by molar-refractivity contribution is 7.10. The molecular weight excluding hydrogens is 370 g/mol. The van der Waals surface area contributed by atoms with Crippen molar-refractivity contribution in [2.45, 2.75) is 19.4 Å². The molecule has 0 aliphatic carbocycles. The van der Waals surface area contributed by atoms with Crippen LogP contribution in [0.1, 0.15) is 35.5 Å². The standard InChI is InChI=1S/C22H21N3O2S/c1-16(26)24-20(21-9-5-13-28-21)15-22(27)25-19-8-4-6-17(14-19)10-11-18-7-2-3-12-23-18/h2-14,20H,15H2,1H3,(H,24,26)(H,25,27)/b11-10+. The Kier molecular flexibility index (Phi) is 6.70. The van der Waals surface area contributed by atoms with Crippen molar-refractivity contribution in [3.8, 4) is 0 Å². The number of nitrogens with one attached hydrogen (secondary N) is 2. The molecule has 2 N–H and O–H groups in total. The van der Waals surface area contributed by atoms with Crippen LogP contribution in [-0.2, 0) is 9.59 Å². The van der Waals surface area contributed by atoms with E-state index in [4.69, 9.17) is 0 Å². The van der Waals surface area contributed by atoms with Gasteiger partial charge in [0.2, 0.25) is 11.8 Å². The molecule has 1 aromatic carbocycles. The molecule has 28 heavy (non-hydrogen) atoms. The maximum atomic E-state index is 12.5. The van der Waals surface area contributed by atoms with Crippen LogP contribution in [-0.4, -0.2) is 16.8 Å². The van der Waals surface area contributed by atoms with Gasteiger partial charge >= 0.3 is 0 Å². The number of aromatic nitrogens is 1. The summed E-state index contributed by atoms with van der Waals surface area (Å²) in [6.07, 6.45) is 5.79. The molecule has 2 amide bonds. The molecular formula is C22H21N3O2S. The molecule has 2 heterocycles. The molecule has 2 aromatic heterocycles. The van der Waals surface area contributed by atoms with Crippen LogP contribution in [0, 0.1) is 0 Å². The quantitative estimate of drug-likeness (QED) is 0.622. The lowest BCUT2D eigenvalue weighted by atomic mass is 10.1. The first-order valence-electron chi connectivity index (χ1n) is 8.90. The first kappa shape index (κ1) is 19.5. The molecule has 0 radical (unpaired) electrons. The normalized spacial score (nSPS) is 11.9. The Balaban J connectivity index is 1.65. The van der Waals surface area contributed by atoms with E-state index < -0.39 is 0 Å². The minimum Gasteiger partial charge on any atom is -0.348 e. The molecule has 142 valence electrons. The van der Waals surface area contributed by atoms with Crippen molar-refractivity contribution in [3.05, 3.63) is 82.3 Å². The van der Waals surface area contributed by atoms with Gasteiger partial charge in [-0.1, -0.05) is 30.3 Å². The lowest BCUT2D eigenvalue weighted by molar-refractivity contribution is -0.120. The molecule has 0 bridgehead atoms. The van der Waals surface area contributed by atoms with Crippen molar-refractivity contribution in [1.29, 1.82) is 0 Å². The molecule has 5 nitrogen and oxygen atoms in total. The molecule has 0 aliphatic heterocycles. The van der Waals surface area contributed by atoms with E-state index in [1.807, 2.05) is 72.1 Å². The van der Waals surface area contributed by atoms with Gasteiger partial charge in [-0.05, 0) is 47.4 Å². The number of rotatable bonds is 7. The number of amides is 2. The summed E-state index contributed by atoms with van der Waals surface area (Å²) in [6.45, 7) is 1.45. The SMILES string of the molecule is CC(=O)NC(CC(=O)Nc1cccc(/C=C/c2ccccn2)c1)c1cccs1. The first-order valence-corrected chi connectivity index (χ1v) is 9.77. The lowest BCUT2D eigenvalue weighted by Crippen LogP contribution is -2.29. The van der Waals surface area contributed by atoms with Crippen LogP contribution in [0.5, 0.6) is 0 Å². The fraction of sp³-hybridized carbons (Fsp3) is 0.136. The Morgan fingerprint density at radius 3 is 2.71 bits per heavy atom. The first-order chi connectivity index (χ1) is 13.6. The van der Waals surface area contributed by atoms with Gasteiger partial charge in [-0.2, -0.15) is 0 Å². The van der Waals surface area contributed by atoms with Gasteiger partial charge in [-0.25, -0.2) is 0 Å². The highest BCUT2D eigenvalue weighted by Gasteiger charge is 2.18. The Labute approximate surface area is 168 Å². The topological polar surface area (TPSA) is 71.1 Å². The fourth-order valence-corrected chi connectivity index (χ4v) is 3.51. The zero-order chi connectivity index (χ0) is 19.8. The number of carbonyl (C=O) groups is 2. The zero-order valence-corrected chi connectivity index (χ0v) is 16.3. The molecule has 3 rings (SSSR count). The van der Waals surface area contributed by atoms with E-state index >= 15 is 0 Å². The minimum absolute atomic E-state index is 0.155. The fourth-order valence-electron chi connectivity index (χ4n) is 2.73. The van der Waals surface area contributed by atoms with Crippen molar-refractivity contribution in [3.63, 3.8) is 0 Å². The van der Waals surface area contributed by atoms with Gasteiger partial charge in [-0.15, -0.1) is 11.3 Å². The maximum Gasteiger partial charge on any atom is 0.226 e. The summed E-state index contributed by atoms with van der Waals surface area (Å²) in [6, 6.07) is 16.8. The summed E-state index contributed by atoms with van der Waals surface area (Å²) >= 11 is 1.52. The summed E-state index contributed by atoms with van der Waals surface area (Å²) in [7, 11) is 0. The number of pyridine rings is 1. The highest BCUT2D eigenvalue weighted by Crippen LogP contribution is 2.23.